The van der Waals surface area contributed by atoms with Crippen molar-refractivity contribution in [1.29, 1.82) is 0 Å². The van der Waals surface area contributed by atoms with Gasteiger partial charge in [0.25, 0.3) is 0 Å². The van der Waals surface area contributed by atoms with Gasteiger partial charge in [-0.1, -0.05) is 24.3 Å². The molecular formula is C30H35F3N2O3. The number of nitrogens with zero attached hydrogens (tertiary/aromatic N) is 2. The van der Waals surface area contributed by atoms with Crippen LogP contribution in [-0.2, 0) is 16.4 Å². The zero-order valence-electron chi connectivity index (χ0n) is 21.6. The van der Waals surface area contributed by atoms with Gasteiger partial charge in [0.2, 0.25) is 5.91 Å². The Hall–Kier alpha value is -2.84. The van der Waals surface area contributed by atoms with Crippen molar-refractivity contribution in [2.75, 3.05) is 26.7 Å². The quantitative estimate of drug-likeness (QED) is 0.505. The summed E-state index contributed by atoms with van der Waals surface area (Å²) in [6.45, 7) is 2.41. The van der Waals surface area contributed by atoms with E-state index in [-0.39, 0.29) is 17.7 Å². The predicted octanol–water partition coefficient (Wildman–Crippen LogP) is 5.22. The van der Waals surface area contributed by atoms with Gasteiger partial charge in [-0.05, 0) is 92.5 Å². The molecule has 0 unspecified atom stereocenters. The first-order chi connectivity index (χ1) is 18.0. The van der Waals surface area contributed by atoms with Crippen LogP contribution in [0.15, 0.2) is 54.6 Å². The Kier molecular flexibility index (Phi) is 7.07. The number of β-amino-alcohol motifs (C(OH)–C–C–N with tert-alkyl or cyclic N) is 1. The van der Waals surface area contributed by atoms with Crippen LogP contribution in [0.2, 0.25) is 0 Å². The molecule has 0 bridgehead atoms. The molecule has 1 amide bonds. The summed E-state index contributed by atoms with van der Waals surface area (Å²) in [5.74, 6) is 0.570. The standard InChI is InChI=1S/C30H35F3N2O3/c1-34(27(37)11-10-21-4-2-6-24(16-21)30(31,32)33)25-12-13-29(38)20-35(19-22-8-9-22)15-14-28(29,18-25)23-5-3-7-26(36)17-23/h2-7,10-11,16-17,22,25,36,38H,8-9,12-15,18-20H2,1H3/b11-10+/t25-,28+,29+/m0/s1. The van der Waals surface area contributed by atoms with Crippen molar-refractivity contribution in [2.45, 2.75) is 61.8 Å². The molecule has 2 N–H and O–H groups in total. The maximum atomic E-state index is 13.1. The minimum absolute atomic E-state index is 0.148. The maximum Gasteiger partial charge on any atom is 0.416 e. The average Bonchev–Trinajstić information content (AvgIpc) is 3.70. The number of piperidine rings is 1. The Morgan fingerprint density at radius 1 is 1.13 bits per heavy atom. The third kappa shape index (κ3) is 5.34. The Morgan fingerprint density at radius 3 is 2.61 bits per heavy atom. The van der Waals surface area contributed by atoms with E-state index >= 15 is 0 Å². The van der Waals surface area contributed by atoms with E-state index in [4.69, 9.17) is 0 Å². The van der Waals surface area contributed by atoms with Crippen LogP contribution >= 0.6 is 0 Å². The molecule has 3 aliphatic rings. The third-order valence-corrected chi connectivity index (χ3v) is 8.85. The number of amides is 1. The highest BCUT2D eigenvalue weighted by Crippen LogP contribution is 2.53. The van der Waals surface area contributed by atoms with E-state index in [0.29, 0.717) is 31.4 Å². The molecule has 3 atom stereocenters. The molecule has 0 spiro atoms. The van der Waals surface area contributed by atoms with E-state index in [0.717, 1.165) is 43.1 Å². The molecule has 2 aliphatic carbocycles. The maximum absolute atomic E-state index is 13.1. The highest BCUT2D eigenvalue weighted by atomic mass is 19.4. The molecule has 5 rings (SSSR count). The zero-order valence-corrected chi connectivity index (χ0v) is 21.6. The molecule has 2 aromatic rings. The number of halogens is 3. The lowest BCUT2D eigenvalue weighted by molar-refractivity contribution is -0.144. The Morgan fingerprint density at radius 2 is 1.89 bits per heavy atom. The van der Waals surface area contributed by atoms with Gasteiger partial charge in [0.15, 0.2) is 0 Å². The van der Waals surface area contributed by atoms with Gasteiger partial charge in [-0.15, -0.1) is 0 Å². The molecule has 1 aliphatic heterocycles. The second kappa shape index (κ2) is 10.0. The number of phenolic OH excluding ortho intramolecular Hbond substituents is 1. The van der Waals surface area contributed by atoms with Crippen LogP contribution in [0.5, 0.6) is 5.75 Å². The number of fused-ring (bicyclic) bond motifs is 1. The number of likely N-dealkylation sites (tertiary alicyclic amines) is 1. The molecule has 0 radical (unpaired) electrons. The minimum atomic E-state index is -4.45. The topological polar surface area (TPSA) is 64.0 Å². The average molecular weight is 529 g/mol. The highest BCUT2D eigenvalue weighted by molar-refractivity contribution is 5.91. The number of carbonyl (C=O) groups is 1. The van der Waals surface area contributed by atoms with Gasteiger partial charge in [-0.3, -0.25) is 4.79 Å². The molecular weight excluding hydrogens is 493 g/mol. The fraction of sp³-hybridized carbons (Fsp3) is 0.500. The van der Waals surface area contributed by atoms with Gasteiger partial charge in [-0.2, -0.15) is 13.2 Å². The number of aliphatic hydroxyl groups is 1. The Bertz CT molecular complexity index is 1210. The number of rotatable bonds is 6. The summed E-state index contributed by atoms with van der Waals surface area (Å²) in [5, 5.41) is 22.4. The number of carbonyl (C=O) groups excluding carboxylic acids is 1. The molecule has 8 heteroatoms. The van der Waals surface area contributed by atoms with E-state index < -0.39 is 22.8 Å². The molecule has 1 heterocycles. The summed E-state index contributed by atoms with van der Waals surface area (Å²) in [7, 11) is 1.71. The SMILES string of the molecule is CN(C(=O)/C=C/c1cccc(C(F)(F)F)c1)[C@H]1CC[C@@]2(O)CN(CC3CC3)CC[C@]2(c2cccc(O)c2)C1. The molecule has 0 aromatic heterocycles. The van der Waals surface area contributed by atoms with E-state index in [2.05, 4.69) is 4.90 Å². The summed E-state index contributed by atoms with van der Waals surface area (Å²) >= 11 is 0. The van der Waals surface area contributed by atoms with Crippen molar-refractivity contribution >= 4 is 12.0 Å². The lowest BCUT2D eigenvalue weighted by Gasteiger charge is -2.59. The molecule has 2 aromatic carbocycles. The number of aromatic hydroxyl groups is 1. The van der Waals surface area contributed by atoms with Gasteiger partial charge >= 0.3 is 6.18 Å². The van der Waals surface area contributed by atoms with Gasteiger partial charge in [0.1, 0.15) is 5.75 Å². The van der Waals surface area contributed by atoms with Crippen LogP contribution in [0.1, 0.15) is 55.2 Å². The molecule has 1 saturated heterocycles. The van der Waals surface area contributed by atoms with Gasteiger partial charge in [-0.25, -0.2) is 0 Å². The number of alkyl halides is 3. The van der Waals surface area contributed by atoms with Crippen molar-refractivity contribution in [1.82, 2.24) is 9.80 Å². The normalized spacial score (nSPS) is 28.3. The third-order valence-electron chi connectivity index (χ3n) is 8.85. The molecule has 5 nitrogen and oxygen atoms in total. The summed E-state index contributed by atoms with van der Waals surface area (Å²) in [6.07, 6.45) is 3.17. The number of hydrogen-bond donors (Lipinski definition) is 2. The number of phenols is 1. The minimum Gasteiger partial charge on any atom is -0.508 e. The fourth-order valence-electron chi connectivity index (χ4n) is 6.47. The largest absolute Gasteiger partial charge is 0.508 e. The summed E-state index contributed by atoms with van der Waals surface area (Å²) in [6, 6.07) is 11.8. The number of hydrogen-bond acceptors (Lipinski definition) is 4. The molecule has 38 heavy (non-hydrogen) atoms. The zero-order chi connectivity index (χ0) is 27.1. The van der Waals surface area contributed by atoms with Gasteiger partial charge < -0.3 is 20.0 Å². The lowest BCUT2D eigenvalue weighted by atomic mass is 9.55. The number of benzene rings is 2. The van der Waals surface area contributed by atoms with Crippen LogP contribution in [0, 0.1) is 5.92 Å². The molecule has 2 saturated carbocycles. The first-order valence-electron chi connectivity index (χ1n) is 13.4. The lowest BCUT2D eigenvalue weighted by Crippen LogP contribution is -2.67. The van der Waals surface area contributed by atoms with E-state index in [1.54, 1.807) is 30.1 Å². The fourth-order valence-corrected chi connectivity index (χ4v) is 6.47. The van der Waals surface area contributed by atoms with Gasteiger partial charge in [0.05, 0.1) is 11.2 Å². The monoisotopic (exact) mass is 528 g/mol. The van der Waals surface area contributed by atoms with Crippen molar-refractivity contribution in [3.05, 3.63) is 71.3 Å². The van der Waals surface area contributed by atoms with Crippen LogP contribution < -0.4 is 0 Å². The van der Waals surface area contributed by atoms with Gasteiger partial charge in [0, 0.05) is 37.7 Å². The predicted molar refractivity (Wildman–Crippen MR) is 139 cm³/mol. The van der Waals surface area contributed by atoms with Crippen LogP contribution in [0.25, 0.3) is 6.08 Å². The van der Waals surface area contributed by atoms with Crippen LogP contribution in [0.4, 0.5) is 13.2 Å². The molecule has 3 fully saturated rings. The Labute approximate surface area is 221 Å². The summed E-state index contributed by atoms with van der Waals surface area (Å²) < 4.78 is 39.2. The second-order valence-corrected chi connectivity index (χ2v) is 11.4. The van der Waals surface area contributed by atoms with Crippen molar-refractivity contribution < 1.29 is 28.2 Å². The Balaban J connectivity index is 1.36. The van der Waals surface area contributed by atoms with E-state index in [1.165, 1.54) is 37.1 Å². The summed E-state index contributed by atoms with van der Waals surface area (Å²) in [4.78, 5) is 17.1. The smallest absolute Gasteiger partial charge is 0.416 e. The first-order valence-corrected chi connectivity index (χ1v) is 13.4. The van der Waals surface area contributed by atoms with Crippen LogP contribution in [0.3, 0.4) is 0 Å². The van der Waals surface area contributed by atoms with E-state index in [9.17, 15) is 28.2 Å². The highest BCUT2D eigenvalue weighted by Gasteiger charge is 2.58. The first kappa shape index (κ1) is 26.8. The van der Waals surface area contributed by atoms with Crippen LogP contribution in [-0.4, -0.2) is 64.2 Å². The summed E-state index contributed by atoms with van der Waals surface area (Å²) in [5.41, 5.74) is -1.17. The van der Waals surface area contributed by atoms with E-state index in [1.807, 2.05) is 6.07 Å². The number of likely N-dealkylation sites (N-methyl/N-ethyl adjacent to an activating group) is 1. The van der Waals surface area contributed by atoms with Crippen molar-refractivity contribution in [3.8, 4) is 5.75 Å². The molecule has 204 valence electrons. The van der Waals surface area contributed by atoms with Crippen molar-refractivity contribution in [3.63, 3.8) is 0 Å². The van der Waals surface area contributed by atoms with Crippen molar-refractivity contribution in [2.24, 2.45) is 5.92 Å². The second-order valence-electron chi connectivity index (χ2n) is 11.4.